The van der Waals surface area contributed by atoms with Crippen molar-refractivity contribution in [2.24, 2.45) is 22.2 Å². The molecule has 56 valence electrons. The zero-order chi connectivity index (χ0) is 7.20. The molecule has 3 aliphatic rings. The molecule has 4 unspecified atom stereocenters. The fourth-order valence-corrected chi connectivity index (χ4v) is 4.55. The smallest absolute Gasteiger partial charge is 0.0136 e. The van der Waals surface area contributed by atoms with Crippen LogP contribution in [0, 0.1) is 22.2 Å². The van der Waals surface area contributed by atoms with Crippen LogP contribution in [0.3, 0.4) is 0 Å². The highest BCUT2D eigenvalue weighted by atomic mass is 15.1. The second-order valence-electron chi connectivity index (χ2n) is 4.90. The lowest BCUT2D eigenvalue weighted by Gasteiger charge is -2.15. The molecule has 10 heavy (non-hydrogen) atoms. The largest absolute Gasteiger partial charge is 0.0654 e. The fourth-order valence-electron chi connectivity index (χ4n) is 4.55. The Balaban J connectivity index is 1.85. The molecule has 0 aromatic carbocycles. The molecule has 3 aliphatic carbocycles. The van der Waals surface area contributed by atoms with Crippen LogP contribution >= 0.6 is 0 Å². The van der Waals surface area contributed by atoms with Crippen LogP contribution in [0.15, 0.2) is 0 Å². The van der Waals surface area contributed by atoms with Gasteiger partial charge in [0.05, 0.1) is 0 Å². The Labute approximate surface area is 63.0 Å². The Hall–Kier alpha value is 0. The molecule has 0 nitrogen and oxygen atoms in total. The van der Waals surface area contributed by atoms with E-state index in [9.17, 15) is 0 Å². The second kappa shape index (κ2) is 1.00. The van der Waals surface area contributed by atoms with Gasteiger partial charge in [-0.3, -0.25) is 0 Å². The van der Waals surface area contributed by atoms with Crippen molar-refractivity contribution in [3.63, 3.8) is 0 Å². The maximum atomic E-state index is 2.51. The highest BCUT2D eigenvalue weighted by molar-refractivity contribution is 5.58. The van der Waals surface area contributed by atoms with E-state index < -0.39 is 0 Å². The van der Waals surface area contributed by atoms with Gasteiger partial charge in [-0.2, -0.15) is 0 Å². The van der Waals surface area contributed by atoms with Crippen LogP contribution in [0.2, 0.25) is 0 Å². The molecular formula is C10H16. The minimum atomic E-state index is 0.857. The summed E-state index contributed by atoms with van der Waals surface area (Å²) in [5, 5.41) is 0. The average Bonchev–Trinajstić information content (AvgIpc) is 2.76. The zero-order valence-electron chi connectivity index (χ0n) is 7.20. The van der Waals surface area contributed by atoms with Crippen molar-refractivity contribution in [1.29, 1.82) is 0 Å². The van der Waals surface area contributed by atoms with E-state index in [-0.39, 0.29) is 0 Å². The van der Waals surface area contributed by atoms with Gasteiger partial charge in [0.2, 0.25) is 0 Å². The Bertz CT molecular complexity index is 208. The van der Waals surface area contributed by atoms with E-state index in [4.69, 9.17) is 0 Å². The lowest BCUT2D eigenvalue weighted by atomic mass is 9.89. The summed E-state index contributed by atoms with van der Waals surface area (Å²) in [4.78, 5) is 0. The van der Waals surface area contributed by atoms with E-state index in [0.717, 1.165) is 22.2 Å². The third-order valence-electron chi connectivity index (χ3n) is 5.37. The Morgan fingerprint density at radius 2 is 2.10 bits per heavy atom. The van der Waals surface area contributed by atoms with E-state index in [1.807, 2.05) is 0 Å². The standard InChI is InChI=1S/C10H16/c1-4-5-9-6-10(9)7(2)8(9,10)3/h7H,4-6H2,1-3H3. The van der Waals surface area contributed by atoms with Crippen molar-refractivity contribution in [3.8, 4) is 0 Å². The molecule has 0 radical (unpaired) electrons. The first kappa shape index (κ1) is 5.62. The molecule has 4 atom stereocenters. The summed E-state index contributed by atoms with van der Waals surface area (Å²) in [5.41, 5.74) is 2.69. The molecule has 3 saturated carbocycles. The summed E-state index contributed by atoms with van der Waals surface area (Å²) >= 11 is 0. The number of fused-ring (bicyclic) bond motifs is 1. The van der Waals surface area contributed by atoms with Gasteiger partial charge in [-0.15, -0.1) is 0 Å². The Morgan fingerprint density at radius 1 is 1.50 bits per heavy atom. The van der Waals surface area contributed by atoms with Gasteiger partial charge in [0.25, 0.3) is 0 Å². The van der Waals surface area contributed by atoms with Crippen LogP contribution in [0.4, 0.5) is 0 Å². The average molecular weight is 136 g/mol. The maximum absolute atomic E-state index is 2.51. The van der Waals surface area contributed by atoms with Crippen LogP contribution in [-0.4, -0.2) is 0 Å². The minimum Gasteiger partial charge on any atom is -0.0654 e. The summed E-state index contributed by atoms with van der Waals surface area (Å²) in [6.07, 6.45) is 4.52. The van der Waals surface area contributed by atoms with Crippen LogP contribution in [0.1, 0.15) is 40.0 Å². The molecule has 3 rings (SSSR count). The summed E-state index contributed by atoms with van der Waals surface area (Å²) < 4.78 is 0. The van der Waals surface area contributed by atoms with Gasteiger partial charge in [0.1, 0.15) is 0 Å². The quantitative estimate of drug-likeness (QED) is 0.547. The van der Waals surface area contributed by atoms with Gasteiger partial charge in [-0.25, -0.2) is 0 Å². The molecule has 0 aliphatic heterocycles. The molecule has 0 N–H and O–H groups in total. The monoisotopic (exact) mass is 136 g/mol. The molecule has 0 aromatic heterocycles. The van der Waals surface area contributed by atoms with Crippen molar-refractivity contribution in [3.05, 3.63) is 0 Å². The molecule has 0 saturated heterocycles. The molecule has 0 amide bonds. The molecular weight excluding hydrogens is 120 g/mol. The lowest BCUT2D eigenvalue weighted by Crippen LogP contribution is -2.08. The minimum absolute atomic E-state index is 0.857. The predicted molar refractivity (Wildman–Crippen MR) is 41.7 cm³/mol. The molecule has 0 heteroatoms. The zero-order valence-corrected chi connectivity index (χ0v) is 7.20. The van der Waals surface area contributed by atoms with Crippen molar-refractivity contribution < 1.29 is 0 Å². The lowest BCUT2D eigenvalue weighted by molar-refractivity contribution is 0.336. The third-order valence-corrected chi connectivity index (χ3v) is 5.37. The van der Waals surface area contributed by atoms with Gasteiger partial charge in [0.15, 0.2) is 0 Å². The summed E-state index contributed by atoms with van der Waals surface area (Å²) in [6, 6.07) is 0. The van der Waals surface area contributed by atoms with Crippen LogP contribution < -0.4 is 0 Å². The van der Waals surface area contributed by atoms with Crippen LogP contribution in [-0.2, 0) is 0 Å². The molecule has 0 aromatic rings. The summed E-state index contributed by atoms with van der Waals surface area (Å²) in [6.45, 7) is 7.28. The highest BCUT2D eigenvalue weighted by Crippen LogP contribution is 3.16. The van der Waals surface area contributed by atoms with Gasteiger partial charge in [0, 0.05) is 0 Å². The topological polar surface area (TPSA) is 0 Å². The van der Waals surface area contributed by atoms with Crippen LogP contribution in [0.5, 0.6) is 0 Å². The van der Waals surface area contributed by atoms with Gasteiger partial charge in [-0.1, -0.05) is 27.2 Å². The summed E-state index contributed by atoms with van der Waals surface area (Å²) in [7, 11) is 0. The Morgan fingerprint density at radius 3 is 2.40 bits per heavy atom. The van der Waals surface area contributed by atoms with E-state index in [0.29, 0.717) is 0 Å². The Kier molecular flexibility index (Phi) is 0.562. The maximum Gasteiger partial charge on any atom is -0.0136 e. The third kappa shape index (κ3) is 0.212. The predicted octanol–water partition coefficient (Wildman–Crippen LogP) is 2.83. The normalized spacial score (nSPS) is 74.1. The number of rotatable bonds is 2. The van der Waals surface area contributed by atoms with Crippen LogP contribution in [0.25, 0.3) is 0 Å². The second-order valence-corrected chi connectivity index (χ2v) is 4.90. The number of hydrogen-bond donors (Lipinski definition) is 0. The number of hydrogen-bond acceptors (Lipinski definition) is 0. The highest BCUT2D eigenvalue weighted by Gasteiger charge is 3.11. The first-order valence-electron chi connectivity index (χ1n) is 4.67. The van der Waals surface area contributed by atoms with E-state index in [1.54, 1.807) is 6.42 Å². The molecule has 3 fully saturated rings. The first-order chi connectivity index (χ1) is 4.67. The molecule has 0 heterocycles. The van der Waals surface area contributed by atoms with Gasteiger partial charge in [-0.05, 0) is 35.0 Å². The van der Waals surface area contributed by atoms with Gasteiger partial charge < -0.3 is 0 Å². The van der Waals surface area contributed by atoms with E-state index in [2.05, 4.69) is 20.8 Å². The summed E-state index contributed by atoms with van der Waals surface area (Å²) in [5.74, 6) is 1.09. The van der Waals surface area contributed by atoms with Crippen molar-refractivity contribution in [2.45, 2.75) is 40.0 Å². The fraction of sp³-hybridized carbons (Fsp3) is 1.00. The first-order valence-corrected chi connectivity index (χ1v) is 4.67. The molecule has 1 spiro atoms. The van der Waals surface area contributed by atoms with E-state index >= 15 is 0 Å². The SMILES string of the molecule is CCCC12CC13C(C)C23C. The van der Waals surface area contributed by atoms with Crippen molar-refractivity contribution in [2.75, 3.05) is 0 Å². The van der Waals surface area contributed by atoms with Crippen molar-refractivity contribution in [1.82, 2.24) is 0 Å². The molecule has 0 bridgehead atoms. The van der Waals surface area contributed by atoms with E-state index in [1.165, 1.54) is 12.8 Å². The van der Waals surface area contributed by atoms with Crippen molar-refractivity contribution >= 4 is 0 Å². The van der Waals surface area contributed by atoms with Gasteiger partial charge >= 0.3 is 0 Å².